The number of nitrogens with two attached hydrogens (primary N) is 1. The van der Waals surface area contributed by atoms with E-state index in [0.29, 0.717) is 50.2 Å². The van der Waals surface area contributed by atoms with E-state index < -0.39 is 10.0 Å². The van der Waals surface area contributed by atoms with Crippen molar-refractivity contribution in [1.29, 1.82) is 0 Å². The number of carbonyl (C=O) groups excluding carboxylic acids is 2. The predicted octanol–water partition coefficient (Wildman–Crippen LogP) is 1.85. The molecule has 0 atom stereocenters. The fourth-order valence-electron chi connectivity index (χ4n) is 4.27. The summed E-state index contributed by atoms with van der Waals surface area (Å²) >= 11 is 0. The van der Waals surface area contributed by atoms with E-state index in [1.165, 1.54) is 10.4 Å². The average molecular weight is 458 g/mol. The monoisotopic (exact) mass is 457 g/mol. The third kappa shape index (κ3) is 4.29. The molecule has 32 heavy (non-hydrogen) atoms. The lowest BCUT2D eigenvalue weighted by Crippen LogP contribution is -2.43. The number of para-hydroxylation sites is 1. The largest absolute Gasteiger partial charge is 0.483 e. The topological polar surface area (TPSA) is 110 Å². The highest BCUT2D eigenvalue weighted by Gasteiger charge is 2.31. The minimum Gasteiger partial charge on any atom is -0.483 e. The van der Waals surface area contributed by atoms with Gasteiger partial charge in [0, 0.05) is 25.6 Å². The number of carbonyl (C=O) groups is 2. The summed E-state index contributed by atoms with van der Waals surface area (Å²) in [5.74, 6) is -0.209. The zero-order valence-electron chi connectivity index (χ0n) is 18.0. The van der Waals surface area contributed by atoms with E-state index in [0.717, 1.165) is 11.3 Å². The maximum atomic E-state index is 13.2. The zero-order chi connectivity index (χ0) is 22.9. The second-order valence-corrected chi connectivity index (χ2v) is 10.1. The molecule has 1 fully saturated rings. The van der Waals surface area contributed by atoms with E-state index in [-0.39, 0.29) is 29.2 Å². The summed E-state index contributed by atoms with van der Waals surface area (Å²) in [4.78, 5) is 25.6. The minimum absolute atomic E-state index is 0.145. The molecule has 0 unspecified atom stereocenters. The van der Waals surface area contributed by atoms with Gasteiger partial charge in [0.25, 0.3) is 15.9 Å². The van der Waals surface area contributed by atoms with Gasteiger partial charge in [0.1, 0.15) is 5.75 Å². The van der Waals surface area contributed by atoms with Crippen molar-refractivity contribution in [3.05, 3.63) is 53.6 Å². The molecule has 8 nitrogen and oxygen atoms in total. The van der Waals surface area contributed by atoms with Gasteiger partial charge in [-0.25, -0.2) is 8.42 Å². The number of hydrogen-bond donors (Lipinski definition) is 1. The summed E-state index contributed by atoms with van der Waals surface area (Å²) in [5, 5.41) is 0. The minimum atomic E-state index is -3.69. The van der Waals surface area contributed by atoms with Crippen LogP contribution in [-0.4, -0.2) is 51.4 Å². The van der Waals surface area contributed by atoms with Gasteiger partial charge in [-0.05, 0) is 61.6 Å². The summed E-state index contributed by atoms with van der Waals surface area (Å²) in [6.07, 6.45) is 1.81. The molecule has 0 saturated carbocycles. The number of primary amides is 1. The number of piperidine rings is 1. The Morgan fingerprint density at radius 2 is 1.81 bits per heavy atom. The van der Waals surface area contributed by atoms with Crippen molar-refractivity contribution < 1.29 is 22.7 Å². The molecule has 2 aliphatic rings. The Hall–Kier alpha value is -3.07. The van der Waals surface area contributed by atoms with Crippen LogP contribution in [0.4, 0.5) is 5.69 Å². The molecule has 9 heteroatoms. The Bertz CT molecular complexity index is 1140. The average Bonchev–Trinajstić information content (AvgIpc) is 3.23. The molecule has 2 heterocycles. The fraction of sp³-hybridized carbons (Fsp3) is 0.391. The quantitative estimate of drug-likeness (QED) is 0.712. The lowest BCUT2D eigenvalue weighted by Gasteiger charge is -2.30. The SMILES string of the molecule is Cc1cc(S(=O)(=O)N2CCc3ccccc32)ccc1OCC(=O)N1CCC(C(N)=O)CC1. The number of amides is 2. The van der Waals surface area contributed by atoms with Gasteiger partial charge in [-0.3, -0.25) is 13.9 Å². The van der Waals surface area contributed by atoms with Gasteiger partial charge < -0.3 is 15.4 Å². The summed E-state index contributed by atoms with van der Waals surface area (Å²) in [5.41, 5.74) is 7.71. The first kappa shape index (κ1) is 22.1. The lowest BCUT2D eigenvalue weighted by atomic mass is 9.96. The third-order valence-electron chi connectivity index (χ3n) is 6.18. The van der Waals surface area contributed by atoms with E-state index in [2.05, 4.69) is 0 Å². The molecule has 170 valence electrons. The number of sulfonamides is 1. The van der Waals surface area contributed by atoms with Crippen LogP contribution in [0.2, 0.25) is 0 Å². The highest BCUT2D eigenvalue weighted by atomic mass is 32.2. The molecule has 0 spiro atoms. The van der Waals surface area contributed by atoms with Crippen LogP contribution in [-0.2, 0) is 26.0 Å². The maximum absolute atomic E-state index is 13.2. The van der Waals surface area contributed by atoms with E-state index in [4.69, 9.17) is 10.5 Å². The summed E-state index contributed by atoms with van der Waals surface area (Å²) in [6, 6.07) is 12.2. The van der Waals surface area contributed by atoms with Crippen LogP contribution in [0.25, 0.3) is 0 Å². The highest BCUT2D eigenvalue weighted by molar-refractivity contribution is 7.92. The van der Waals surface area contributed by atoms with Gasteiger partial charge in [-0.15, -0.1) is 0 Å². The van der Waals surface area contributed by atoms with Crippen molar-refractivity contribution in [2.75, 3.05) is 30.5 Å². The van der Waals surface area contributed by atoms with Gasteiger partial charge in [-0.1, -0.05) is 18.2 Å². The molecular weight excluding hydrogens is 430 g/mol. The Morgan fingerprint density at radius 3 is 2.50 bits per heavy atom. The fourth-order valence-corrected chi connectivity index (χ4v) is 5.86. The van der Waals surface area contributed by atoms with E-state index in [1.54, 1.807) is 24.0 Å². The summed E-state index contributed by atoms with van der Waals surface area (Å²) in [6.45, 7) is 2.98. The Morgan fingerprint density at radius 1 is 1.09 bits per heavy atom. The Balaban J connectivity index is 1.41. The van der Waals surface area contributed by atoms with Crippen molar-refractivity contribution in [1.82, 2.24) is 4.90 Å². The first-order valence-electron chi connectivity index (χ1n) is 10.7. The van der Waals surface area contributed by atoms with Crippen molar-refractivity contribution >= 4 is 27.5 Å². The number of nitrogens with zero attached hydrogens (tertiary/aromatic N) is 2. The van der Waals surface area contributed by atoms with E-state index >= 15 is 0 Å². The van der Waals surface area contributed by atoms with Gasteiger partial charge >= 0.3 is 0 Å². The highest BCUT2D eigenvalue weighted by Crippen LogP contribution is 2.33. The van der Waals surface area contributed by atoms with Gasteiger partial charge in [0.15, 0.2) is 6.61 Å². The van der Waals surface area contributed by atoms with E-state index in [9.17, 15) is 18.0 Å². The second kappa shape index (κ2) is 8.82. The molecule has 4 rings (SSSR count). The molecule has 0 radical (unpaired) electrons. The van der Waals surface area contributed by atoms with Gasteiger partial charge in [0.05, 0.1) is 10.6 Å². The number of hydrogen-bond acceptors (Lipinski definition) is 5. The van der Waals surface area contributed by atoms with Gasteiger partial charge in [-0.2, -0.15) is 0 Å². The second-order valence-electron chi connectivity index (χ2n) is 8.23. The molecule has 2 aromatic carbocycles. The van der Waals surface area contributed by atoms with Crippen molar-refractivity contribution in [2.24, 2.45) is 11.7 Å². The summed E-state index contributed by atoms with van der Waals surface area (Å²) < 4.78 is 33.5. The molecule has 1 saturated heterocycles. The van der Waals surface area contributed by atoms with Crippen LogP contribution >= 0.6 is 0 Å². The number of rotatable bonds is 6. The standard InChI is InChI=1S/C23H27N3O5S/c1-16-14-19(32(29,30)26-13-10-17-4-2-3-5-20(17)26)6-7-21(16)31-15-22(27)25-11-8-18(9-12-25)23(24)28/h2-7,14,18H,8-13,15H2,1H3,(H2,24,28). The Labute approximate surface area is 188 Å². The number of aryl methyl sites for hydroxylation is 1. The van der Waals surface area contributed by atoms with Crippen LogP contribution in [0, 0.1) is 12.8 Å². The molecular formula is C23H27N3O5S. The molecule has 0 aliphatic carbocycles. The first-order chi connectivity index (χ1) is 15.3. The Kier molecular flexibility index (Phi) is 6.10. The van der Waals surface area contributed by atoms with Gasteiger partial charge in [0.2, 0.25) is 5.91 Å². The molecule has 2 N–H and O–H groups in total. The van der Waals surface area contributed by atoms with Crippen LogP contribution in [0.1, 0.15) is 24.0 Å². The van der Waals surface area contributed by atoms with Crippen molar-refractivity contribution in [2.45, 2.75) is 31.1 Å². The molecule has 2 aliphatic heterocycles. The number of ether oxygens (including phenoxy) is 1. The predicted molar refractivity (Wildman–Crippen MR) is 120 cm³/mol. The van der Waals surface area contributed by atoms with Crippen LogP contribution in [0.5, 0.6) is 5.75 Å². The normalized spacial score (nSPS) is 16.7. The number of likely N-dealkylation sites (tertiary alicyclic amines) is 1. The number of anilines is 1. The van der Waals surface area contributed by atoms with Crippen LogP contribution < -0.4 is 14.8 Å². The van der Waals surface area contributed by atoms with Crippen LogP contribution in [0.3, 0.4) is 0 Å². The molecule has 0 bridgehead atoms. The van der Waals surface area contributed by atoms with Crippen LogP contribution in [0.15, 0.2) is 47.4 Å². The molecule has 2 aromatic rings. The van der Waals surface area contributed by atoms with Crippen molar-refractivity contribution in [3.8, 4) is 5.75 Å². The smallest absolute Gasteiger partial charge is 0.264 e. The lowest BCUT2D eigenvalue weighted by molar-refractivity contribution is -0.136. The molecule has 0 aromatic heterocycles. The first-order valence-corrected chi connectivity index (χ1v) is 12.1. The molecule has 2 amide bonds. The zero-order valence-corrected chi connectivity index (χ0v) is 18.8. The maximum Gasteiger partial charge on any atom is 0.264 e. The third-order valence-corrected chi connectivity index (χ3v) is 7.99. The van der Waals surface area contributed by atoms with E-state index in [1.807, 2.05) is 24.3 Å². The number of fused-ring (bicyclic) bond motifs is 1. The van der Waals surface area contributed by atoms with Crippen molar-refractivity contribution in [3.63, 3.8) is 0 Å². The number of benzene rings is 2. The summed E-state index contributed by atoms with van der Waals surface area (Å²) in [7, 11) is -3.69.